The van der Waals surface area contributed by atoms with Crippen LogP contribution >= 0.6 is 0 Å². The number of nitriles is 2. The van der Waals surface area contributed by atoms with Crippen molar-refractivity contribution >= 4 is 11.3 Å². The van der Waals surface area contributed by atoms with Gasteiger partial charge in [0, 0.05) is 24.0 Å². The van der Waals surface area contributed by atoms with E-state index in [1.807, 2.05) is 36.4 Å². The molecule has 0 saturated carbocycles. The van der Waals surface area contributed by atoms with E-state index in [2.05, 4.69) is 30.2 Å². The average molecular weight is 303 g/mol. The third-order valence-electron chi connectivity index (χ3n) is 3.88. The first-order valence-corrected chi connectivity index (χ1v) is 8.06. The van der Waals surface area contributed by atoms with Gasteiger partial charge in [0.15, 0.2) is 0 Å². The summed E-state index contributed by atoms with van der Waals surface area (Å²) in [5, 5.41) is 17.7. The van der Waals surface area contributed by atoms with Crippen LogP contribution in [0.2, 0.25) is 0 Å². The Morgan fingerprint density at radius 1 is 1.13 bits per heavy atom. The maximum Gasteiger partial charge on any atom is 0.129 e. The van der Waals surface area contributed by atoms with Crippen LogP contribution in [0.25, 0.3) is 5.57 Å². The fourth-order valence-electron chi connectivity index (χ4n) is 2.63. The molecule has 0 unspecified atom stereocenters. The number of hydrogen-bond donors (Lipinski definition) is 0. The Bertz CT molecular complexity index is 695. The normalized spacial score (nSPS) is 14.0. The molecule has 1 aliphatic heterocycles. The van der Waals surface area contributed by atoms with Crippen molar-refractivity contribution < 1.29 is 0 Å². The minimum atomic E-state index is 0.116. The molecule has 3 nitrogen and oxygen atoms in total. The van der Waals surface area contributed by atoms with Crippen LogP contribution in [0.3, 0.4) is 0 Å². The number of allylic oxidation sites excluding steroid dienone is 5. The van der Waals surface area contributed by atoms with Gasteiger partial charge in [-0.2, -0.15) is 10.5 Å². The highest BCUT2D eigenvalue weighted by Gasteiger charge is 2.14. The number of anilines is 1. The molecule has 1 aromatic carbocycles. The fourth-order valence-corrected chi connectivity index (χ4v) is 2.63. The molecule has 116 valence electrons. The van der Waals surface area contributed by atoms with Crippen LogP contribution in [-0.4, -0.2) is 6.54 Å². The molecule has 3 heteroatoms. The second-order valence-electron chi connectivity index (χ2n) is 5.51. The van der Waals surface area contributed by atoms with E-state index in [9.17, 15) is 0 Å². The van der Waals surface area contributed by atoms with E-state index in [4.69, 9.17) is 10.5 Å². The van der Waals surface area contributed by atoms with Crippen LogP contribution in [0.1, 0.15) is 38.2 Å². The zero-order chi connectivity index (χ0) is 16.5. The Hall–Kier alpha value is -2.78. The SMILES string of the molecule is CCCCCCN1C=C/C(=C\C=C(C#N)C#N)c2ccccc21. The highest BCUT2D eigenvalue weighted by Crippen LogP contribution is 2.32. The van der Waals surface area contributed by atoms with Crippen LogP contribution in [0.5, 0.6) is 0 Å². The Labute approximate surface area is 138 Å². The molecular weight excluding hydrogens is 282 g/mol. The third-order valence-corrected chi connectivity index (χ3v) is 3.88. The van der Waals surface area contributed by atoms with Crippen molar-refractivity contribution in [1.29, 1.82) is 10.5 Å². The van der Waals surface area contributed by atoms with Crippen molar-refractivity contribution in [3.8, 4) is 12.1 Å². The van der Waals surface area contributed by atoms with Gasteiger partial charge in [0.05, 0.1) is 0 Å². The van der Waals surface area contributed by atoms with Gasteiger partial charge in [-0.15, -0.1) is 0 Å². The van der Waals surface area contributed by atoms with E-state index < -0.39 is 0 Å². The zero-order valence-corrected chi connectivity index (χ0v) is 13.5. The molecule has 1 aliphatic rings. The summed E-state index contributed by atoms with van der Waals surface area (Å²) in [7, 11) is 0. The number of rotatable bonds is 6. The number of para-hydroxylation sites is 1. The molecule has 0 aliphatic carbocycles. The van der Waals surface area contributed by atoms with E-state index in [0.29, 0.717) is 0 Å². The summed E-state index contributed by atoms with van der Waals surface area (Å²) >= 11 is 0. The van der Waals surface area contributed by atoms with Gasteiger partial charge >= 0.3 is 0 Å². The summed E-state index contributed by atoms with van der Waals surface area (Å²) in [5.41, 5.74) is 3.46. The molecule has 0 saturated heterocycles. The molecular formula is C20H21N3. The van der Waals surface area contributed by atoms with Gasteiger partial charge in [-0.25, -0.2) is 0 Å². The van der Waals surface area contributed by atoms with Crippen molar-refractivity contribution in [2.75, 3.05) is 11.4 Å². The summed E-state index contributed by atoms with van der Waals surface area (Å²) in [5.74, 6) is 0. The van der Waals surface area contributed by atoms with Gasteiger partial charge < -0.3 is 4.90 Å². The van der Waals surface area contributed by atoms with Gasteiger partial charge in [-0.05, 0) is 30.2 Å². The Morgan fingerprint density at radius 2 is 1.91 bits per heavy atom. The number of benzene rings is 1. The average Bonchev–Trinajstić information content (AvgIpc) is 2.60. The zero-order valence-electron chi connectivity index (χ0n) is 13.5. The highest BCUT2D eigenvalue weighted by atomic mass is 15.1. The summed E-state index contributed by atoms with van der Waals surface area (Å²) in [6, 6.07) is 12.0. The number of fused-ring (bicyclic) bond motifs is 1. The minimum Gasteiger partial charge on any atom is -0.347 e. The quantitative estimate of drug-likeness (QED) is 0.551. The molecule has 1 heterocycles. The lowest BCUT2D eigenvalue weighted by atomic mass is 9.99. The fraction of sp³-hybridized carbons (Fsp3) is 0.300. The molecule has 0 spiro atoms. The minimum absolute atomic E-state index is 0.116. The molecule has 1 aromatic rings. The lowest BCUT2D eigenvalue weighted by molar-refractivity contribution is 0.666. The van der Waals surface area contributed by atoms with Gasteiger partial charge in [-0.3, -0.25) is 0 Å². The Balaban J connectivity index is 2.22. The van der Waals surface area contributed by atoms with Crippen molar-refractivity contribution in [1.82, 2.24) is 0 Å². The van der Waals surface area contributed by atoms with E-state index in [-0.39, 0.29) is 5.57 Å². The van der Waals surface area contributed by atoms with E-state index in [1.165, 1.54) is 31.4 Å². The predicted molar refractivity (Wildman–Crippen MR) is 94.4 cm³/mol. The van der Waals surface area contributed by atoms with Gasteiger partial charge in [-0.1, -0.05) is 50.5 Å². The Kier molecular flexibility index (Phi) is 6.21. The molecule has 0 fully saturated rings. The van der Waals surface area contributed by atoms with Crippen molar-refractivity contribution in [2.24, 2.45) is 0 Å². The van der Waals surface area contributed by atoms with Gasteiger partial charge in [0.2, 0.25) is 0 Å². The topological polar surface area (TPSA) is 50.8 Å². The van der Waals surface area contributed by atoms with Crippen LogP contribution in [-0.2, 0) is 0 Å². The number of hydrogen-bond acceptors (Lipinski definition) is 3. The molecule has 0 bridgehead atoms. The summed E-state index contributed by atoms with van der Waals surface area (Å²) in [4.78, 5) is 2.28. The number of unbranched alkanes of at least 4 members (excludes halogenated alkanes) is 3. The monoisotopic (exact) mass is 303 g/mol. The Morgan fingerprint density at radius 3 is 2.65 bits per heavy atom. The van der Waals surface area contributed by atoms with Crippen LogP contribution in [0.15, 0.2) is 54.3 Å². The van der Waals surface area contributed by atoms with E-state index in [1.54, 1.807) is 6.08 Å². The van der Waals surface area contributed by atoms with Crippen LogP contribution < -0.4 is 4.90 Å². The predicted octanol–water partition coefficient (Wildman–Crippen LogP) is 4.96. The molecule has 0 radical (unpaired) electrons. The second kappa shape index (κ2) is 8.61. The second-order valence-corrected chi connectivity index (χ2v) is 5.51. The van der Waals surface area contributed by atoms with Crippen LogP contribution in [0.4, 0.5) is 5.69 Å². The molecule has 23 heavy (non-hydrogen) atoms. The van der Waals surface area contributed by atoms with Crippen molar-refractivity contribution in [3.05, 3.63) is 59.8 Å². The lowest BCUT2D eigenvalue weighted by Gasteiger charge is -2.27. The number of nitrogens with zero attached hydrogens (tertiary/aromatic N) is 3. The molecule has 0 amide bonds. The molecule has 0 aromatic heterocycles. The van der Waals surface area contributed by atoms with Crippen molar-refractivity contribution in [2.45, 2.75) is 32.6 Å². The standard InChI is InChI=1S/C20H21N3/c1-2-3-4-7-13-23-14-12-18(11-10-17(15-21)16-22)19-8-5-6-9-20(19)23/h5-6,8-12,14H,2-4,7,13H2,1H3/b18-11+. The largest absolute Gasteiger partial charge is 0.347 e. The highest BCUT2D eigenvalue weighted by molar-refractivity contribution is 5.87. The lowest BCUT2D eigenvalue weighted by Crippen LogP contribution is -2.21. The summed E-state index contributed by atoms with van der Waals surface area (Å²) in [6.07, 6.45) is 12.5. The smallest absolute Gasteiger partial charge is 0.129 e. The van der Waals surface area contributed by atoms with E-state index >= 15 is 0 Å². The first-order valence-electron chi connectivity index (χ1n) is 8.06. The first kappa shape index (κ1) is 16.6. The van der Waals surface area contributed by atoms with E-state index in [0.717, 1.165) is 17.7 Å². The first-order chi connectivity index (χ1) is 11.3. The van der Waals surface area contributed by atoms with Gasteiger partial charge in [0.25, 0.3) is 0 Å². The third kappa shape index (κ3) is 4.34. The molecule has 2 rings (SSSR count). The maximum absolute atomic E-state index is 8.84. The molecule has 0 atom stereocenters. The summed E-state index contributed by atoms with van der Waals surface area (Å²) < 4.78 is 0. The maximum atomic E-state index is 8.84. The van der Waals surface area contributed by atoms with Gasteiger partial charge in [0.1, 0.15) is 17.7 Å². The van der Waals surface area contributed by atoms with Crippen LogP contribution in [0, 0.1) is 22.7 Å². The molecule has 0 N–H and O–H groups in total. The summed E-state index contributed by atoms with van der Waals surface area (Å²) in [6.45, 7) is 3.23. The van der Waals surface area contributed by atoms with Crippen molar-refractivity contribution in [3.63, 3.8) is 0 Å².